The second kappa shape index (κ2) is 5.17. The van der Waals surface area contributed by atoms with Gasteiger partial charge in [-0.2, -0.15) is 0 Å². The number of hydrogen-bond donors (Lipinski definition) is 2. The van der Waals surface area contributed by atoms with E-state index >= 15 is 0 Å². The molecule has 0 bridgehead atoms. The number of carbonyl (C=O) groups excluding carboxylic acids is 1. The van der Waals surface area contributed by atoms with Crippen molar-refractivity contribution in [3.8, 4) is 0 Å². The topological polar surface area (TPSA) is 58.4 Å². The van der Waals surface area contributed by atoms with Crippen LogP contribution < -0.4 is 11.1 Å². The molecule has 0 spiro atoms. The Morgan fingerprint density at radius 1 is 1.28 bits per heavy atom. The Morgan fingerprint density at radius 2 is 1.89 bits per heavy atom. The van der Waals surface area contributed by atoms with Gasteiger partial charge in [-0.15, -0.1) is 0 Å². The number of amides is 1. The van der Waals surface area contributed by atoms with Crippen molar-refractivity contribution in [3.63, 3.8) is 0 Å². The molecule has 1 aliphatic carbocycles. The van der Waals surface area contributed by atoms with Gasteiger partial charge in [-0.3, -0.25) is 4.79 Å². The van der Waals surface area contributed by atoms with Gasteiger partial charge in [0.1, 0.15) is 0 Å². The number of piperidine rings is 1. The Balaban J connectivity index is 1.82. The quantitative estimate of drug-likeness (QED) is 0.785. The van der Waals surface area contributed by atoms with E-state index in [0.29, 0.717) is 6.54 Å². The molecule has 2 rings (SSSR count). The predicted octanol–water partition coefficient (Wildman–Crippen LogP) is 0.964. The Labute approximate surface area is 110 Å². The fourth-order valence-electron chi connectivity index (χ4n) is 2.94. The van der Waals surface area contributed by atoms with Crippen molar-refractivity contribution in [2.24, 2.45) is 16.6 Å². The molecule has 104 valence electrons. The van der Waals surface area contributed by atoms with Crippen molar-refractivity contribution in [1.82, 2.24) is 10.2 Å². The molecule has 1 aliphatic heterocycles. The van der Waals surface area contributed by atoms with Crippen LogP contribution in [0, 0.1) is 10.8 Å². The highest BCUT2D eigenvalue weighted by atomic mass is 16.2. The smallest absolute Gasteiger partial charge is 0.227 e. The van der Waals surface area contributed by atoms with Crippen LogP contribution in [0.5, 0.6) is 0 Å². The van der Waals surface area contributed by atoms with Crippen LogP contribution in [0.1, 0.15) is 39.0 Å². The summed E-state index contributed by atoms with van der Waals surface area (Å²) >= 11 is 0. The summed E-state index contributed by atoms with van der Waals surface area (Å²) < 4.78 is 0. The molecule has 0 radical (unpaired) electrons. The van der Waals surface area contributed by atoms with E-state index in [4.69, 9.17) is 5.73 Å². The van der Waals surface area contributed by atoms with Crippen LogP contribution >= 0.6 is 0 Å². The Morgan fingerprint density at radius 3 is 2.33 bits per heavy atom. The first-order chi connectivity index (χ1) is 8.50. The second-order valence-corrected chi connectivity index (χ2v) is 6.63. The van der Waals surface area contributed by atoms with Gasteiger partial charge in [-0.25, -0.2) is 0 Å². The SMILES string of the molecule is CN1CCC(C)(CNC(=O)C2(CN)CCC2)CC1. The summed E-state index contributed by atoms with van der Waals surface area (Å²) in [6.07, 6.45) is 5.41. The van der Waals surface area contributed by atoms with Gasteiger partial charge in [-0.1, -0.05) is 13.3 Å². The Hall–Kier alpha value is -0.610. The summed E-state index contributed by atoms with van der Waals surface area (Å²) in [5, 5.41) is 3.16. The van der Waals surface area contributed by atoms with Crippen LogP contribution in [-0.2, 0) is 4.79 Å². The third-order valence-corrected chi connectivity index (χ3v) is 5.05. The molecule has 1 amide bonds. The van der Waals surface area contributed by atoms with Gasteiger partial charge in [0.05, 0.1) is 5.41 Å². The van der Waals surface area contributed by atoms with Crippen LogP contribution in [0.25, 0.3) is 0 Å². The van der Waals surface area contributed by atoms with E-state index in [9.17, 15) is 4.79 Å². The summed E-state index contributed by atoms with van der Waals surface area (Å²) in [6.45, 7) is 5.86. The molecular weight excluding hydrogens is 226 g/mol. The van der Waals surface area contributed by atoms with E-state index in [-0.39, 0.29) is 16.7 Å². The van der Waals surface area contributed by atoms with Gasteiger partial charge >= 0.3 is 0 Å². The third-order valence-electron chi connectivity index (χ3n) is 5.05. The van der Waals surface area contributed by atoms with Crippen molar-refractivity contribution >= 4 is 5.91 Å². The van der Waals surface area contributed by atoms with Crippen molar-refractivity contribution < 1.29 is 4.79 Å². The van der Waals surface area contributed by atoms with Gasteiger partial charge < -0.3 is 16.0 Å². The average molecular weight is 253 g/mol. The molecule has 4 heteroatoms. The maximum absolute atomic E-state index is 12.2. The van der Waals surface area contributed by atoms with Gasteiger partial charge in [0.2, 0.25) is 5.91 Å². The first-order valence-electron chi connectivity index (χ1n) is 7.17. The first-order valence-corrected chi connectivity index (χ1v) is 7.17. The molecular formula is C14H27N3O. The Bertz CT molecular complexity index is 299. The lowest BCUT2D eigenvalue weighted by molar-refractivity contribution is -0.135. The van der Waals surface area contributed by atoms with Crippen molar-refractivity contribution in [1.29, 1.82) is 0 Å². The molecule has 4 nitrogen and oxygen atoms in total. The van der Waals surface area contributed by atoms with E-state index in [0.717, 1.165) is 38.9 Å². The van der Waals surface area contributed by atoms with Gasteiger partial charge in [-0.05, 0) is 51.2 Å². The summed E-state index contributed by atoms with van der Waals surface area (Å²) in [6, 6.07) is 0. The molecule has 1 heterocycles. The van der Waals surface area contributed by atoms with Crippen LogP contribution in [0.15, 0.2) is 0 Å². The standard InChI is InChI=1S/C14H27N3O/c1-13(6-8-17(2)9-7-13)11-16-12(18)14(10-15)4-3-5-14/h3-11,15H2,1-2H3,(H,16,18). The molecule has 18 heavy (non-hydrogen) atoms. The lowest BCUT2D eigenvalue weighted by Crippen LogP contribution is -2.53. The fraction of sp³-hybridized carbons (Fsp3) is 0.929. The maximum atomic E-state index is 12.2. The third kappa shape index (κ3) is 2.69. The fourth-order valence-corrected chi connectivity index (χ4v) is 2.94. The van der Waals surface area contributed by atoms with E-state index in [1.807, 2.05) is 0 Å². The summed E-state index contributed by atoms with van der Waals surface area (Å²) in [5.41, 5.74) is 5.79. The van der Waals surface area contributed by atoms with Crippen LogP contribution in [-0.4, -0.2) is 44.0 Å². The second-order valence-electron chi connectivity index (χ2n) is 6.63. The van der Waals surface area contributed by atoms with Crippen molar-refractivity contribution in [2.75, 3.05) is 33.2 Å². The molecule has 0 aromatic carbocycles. The predicted molar refractivity (Wildman–Crippen MR) is 73.2 cm³/mol. The molecule has 0 aromatic rings. The number of nitrogens with one attached hydrogen (secondary N) is 1. The number of rotatable bonds is 4. The van der Waals surface area contributed by atoms with Gasteiger partial charge in [0, 0.05) is 13.1 Å². The van der Waals surface area contributed by atoms with E-state index in [1.54, 1.807) is 0 Å². The van der Waals surface area contributed by atoms with Crippen molar-refractivity contribution in [3.05, 3.63) is 0 Å². The van der Waals surface area contributed by atoms with Gasteiger partial charge in [0.15, 0.2) is 0 Å². The van der Waals surface area contributed by atoms with Crippen LogP contribution in [0.2, 0.25) is 0 Å². The molecule has 1 saturated carbocycles. The zero-order valence-electron chi connectivity index (χ0n) is 11.8. The number of nitrogens with zero attached hydrogens (tertiary/aromatic N) is 1. The zero-order valence-corrected chi connectivity index (χ0v) is 11.8. The average Bonchev–Trinajstić information content (AvgIpc) is 2.30. The van der Waals surface area contributed by atoms with E-state index in [2.05, 4.69) is 24.2 Å². The summed E-state index contributed by atoms with van der Waals surface area (Å²) in [5.74, 6) is 0.191. The molecule has 2 aliphatic rings. The molecule has 0 atom stereocenters. The van der Waals surface area contributed by atoms with Crippen molar-refractivity contribution in [2.45, 2.75) is 39.0 Å². The number of likely N-dealkylation sites (tertiary alicyclic amines) is 1. The highest BCUT2D eigenvalue weighted by Gasteiger charge is 2.43. The maximum Gasteiger partial charge on any atom is 0.227 e. The molecule has 2 fully saturated rings. The minimum atomic E-state index is -0.234. The number of hydrogen-bond acceptors (Lipinski definition) is 3. The molecule has 3 N–H and O–H groups in total. The largest absolute Gasteiger partial charge is 0.355 e. The van der Waals surface area contributed by atoms with Crippen LogP contribution in [0.4, 0.5) is 0 Å². The van der Waals surface area contributed by atoms with Crippen LogP contribution in [0.3, 0.4) is 0 Å². The summed E-state index contributed by atoms with van der Waals surface area (Å²) in [4.78, 5) is 14.6. The van der Waals surface area contributed by atoms with Gasteiger partial charge in [0.25, 0.3) is 0 Å². The molecule has 0 unspecified atom stereocenters. The normalized spacial score (nSPS) is 26.4. The highest BCUT2D eigenvalue weighted by molar-refractivity contribution is 5.83. The number of nitrogens with two attached hydrogens (primary N) is 1. The summed E-state index contributed by atoms with van der Waals surface area (Å²) in [7, 11) is 2.16. The lowest BCUT2D eigenvalue weighted by atomic mass is 9.68. The van der Waals surface area contributed by atoms with E-state index < -0.39 is 0 Å². The Kier molecular flexibility index (Phi) is 3.97. The lowest BCUT2D eigenvalue weighted by Gasteiger charge is -2.42. The molecule has 1 saturated heterocycles. The first kappa shape index (κ1) is 13.8. The number of carbonyl (C=O) groups is 1. The highest BCUT2D eigenvalue weighted by Crippen LogP contribution is 2.40. The van der Waals surface area contributed by atoms with E-state index in [1.165, 1.54) is 12.8 Å². The minimum Gasteiger partial charge on any atom is -0.355 e. The molecule has 0 aromatic heterocycles. The minimum absolute atomic E-state index is 0.191. The zero-order chi connectivity index (χ0) is 13.2. The monoisotopic (exact) mass is 253 g/mol.